The van der Waals surface area contributed by atoms with Gasteiger partial charge in [0.1, 0.15) is 0 Å². The third-order valence-electron chi connectivity index (χ3n) is 5.38. The Morgan fingerprint density at radius 2 is 2.06 bits per heavy atom. The minimum absolute atomic E-state index is 0.275. The van der Waals surface area contributed by atoms with Crippen molar-refractivity contribution in [3.63, 3.8) is 0 Å². The first-order valence-electron chi connectivity index (χ1n) is 11.6. The molecule has 174 valence electrons. The average molecular weight is 435 g/mol. The fourth-order valence-corrected chi connectivity index (χ4v) is 3.39. The molecule has 3 rings (SSSR count). The number of rotatable bonds is 11. The molecule has 0 radical (unpaired) electrons. The zero-order chi connectivity index (χ0) is 21.7. The summed E-state index contributed by atoms with van der Waals surface area (Å²) < 4.78 is 22.9. The van der Waals surface area contributed by atoms with Gasteiger partial charge in [-0.25, -0.2) is 0 Å². The summed E-state index contributed by atoms with van der Waals surface area (Å²) in [5.41, 5.74) is 0.925. The summed E-state index contributed by atoms with van der Waals surface area (Å²) in [6.45, 7) is 9.24. The number of hydrogen-bond acceptors (Lipinski definition) is 6. The van der Waals surface area contributed by atoms with Crippen molar-refractivity contribution in [1.29, 1.82) is 0 Å². The molecule has 1 aromatic rings. The summed E-state index contributed by atoms with van der Waals surface area (Å²) in [6, 6.07) is 5.92. The molecular weight excluding hydrogens is 396 g/mol. The Morgan fingerprint density at radius 1 is 1.19 bits per heavy atom. The fraction of sp³-hybridized carbons (Fsp3) is 0.696. The summed E-state index contributed by atoms with van der Waals surface area (Å²) in [5, 5.41) is 6.83. The maximum absolute atomic E-state index is 5.81. The van der Waals surface area contributed by atoms with Gasteiger partial charge in [0, 0.05) is 51.0 Å². The fourth-order valence-electron chi connectivity index (χ4n) is 3.39. The predicted octanol–water partition coefficient (Wildman–Crippen LogP) is 2.74. The Bertz CT molecular complexity index is 680. The maximum atomic E-state index is 5.81. The highest BCUT2D eigenvalue weighted by Gasteiger charge is 2.15. The van der Waals surface area contributed by atoms with Crippen LogP contribution in [0.1, 0.15) is 32.6 Å². The molecule has 31 heavy (non-hydrogen) atoms. The van der Waals surface area contributed by atoms with Crippen molar-refractivity contribution in [2.45, 2.75) is 38.7 Å². The van der Waals surface area contributed by atoms with Crippen molar-refractivity contribution in [2.24, 2.45) is 4.99 Å². The Morgan fingerprint density at radius 3 is 2.87 bits per heavy atom. The molecule has 1 fully saturated rings. The SMILES string of the molecule is CCN(C)CCNC(=NCCCOCC1CCCO1)Nc1ccc2c(c1)OCCCO2. The first-order valence-corrected chi connectivity index (χ1v) is 11.6. The molecule has 0 aliphatic carbocycles. The number of ether oxygens (including phenoxy) is 4. The number of fused-ring (bicyclic) bond motifs is 1. The van der Waals surface area contributed by atoms with Gasteiger partial charge in [-0.1, -0.05) is 6.92 Å². The number of aliphatic imine (C=N–C) groups is 1. The largest absolute Gasteiger partial charge is 0.490 e. The molecule has 0 amide bonds. The Balaban J connectivity index is 1.49. The summed E-state index contributed by atoms with van der Waals surface area (Å²) >= 11 is 0. The summed E-state index contributed by atoms with van der Waals surface area (Å²) in [7, 11) is 2.11. The highest BCUT2D eigenvalue weighted by molar-refractivity contribution is 5.94. The Labute approximate surface area is 186 Å². The van der Waals surface area contributed by atoms with Crippen LogP contribution in [0, 0.1) is 0 Å². The highest BCUT2D eigenvalue weighted by atomic mass is 16.5. The molecule has 1 aromatic carbocycles. The van der Waals surface area contributed by atoms with Crippen LogP contribution in [0.25, 0.3) is 0 Å². The second kappa shape index (κ2) is 13.4. The normalized spacial score (nSPS) is 18.8. The monoisotopic (exact) mass is 434 g/mol. The second-order valence-electron chi connectivity index (χ2n) is 7.95. The molecule has 1 saturated heterocycles. The molecule has 8 heteroatoms. The summed E-state index contributed by atoms with van der Waals surface area (Å²) in [4.78, 5) is 7.00. The second-order valence-corrected chi connectivity index (χ2v) is 7.95. The van der Waals surface area contributed by atoms with E-state index in [4.69, 9.17) is 23.9 Å². The number of benzene rings is 1. The number of nitrogens with zero attached hydrogens (tertiary/aromatic N) is 2. The summed E-state index contributed by atoms with van der Waals surface area (Å²) in [5.74, 6) is 2.33. The van der Waals surface area contributed by atoms with Crippen molar-refractivity contribution < 1.29 is 18.9 Å². The first kappa shape index (κ1) is 23.6. The number of guanidine groups is 1. The van der Waals surface area contributed by atoms with Crippen molar-refractivity contribution in [1.82, 2.24) is 10.2 Å². The van der Waals surface area contributed by atoms with Crippen LogP contribution in [-0.2, 0) is 9.47 Å². The minimum Gasteiger partial charge on any atom is -0.490 e. The molecule has 2 aliphatic heterocycles. The molecule has 2 N–H and O–H groups in total. The van der Waals surface area contributed by atoms with Gasteiger partial charge < -0.3 is 34.5 Å². The van der Waals surface area contributed by atoms with Gasteiger partial charge in [0.2, 0.25) is 0 Å². The van der Waals surface area contributed by atoms with Gasteiger partial charge in [-0.2, -0.15) is 0 Å². The van der Waals surface area contributed by atoms with Gasteiger partial charge in [-0.05, 0) is 45.0 Å². The van der Waals surface area contributed by atoms with E-state index in [0.29, 0.717) is 33.0 Å². The van der Waals surface area contributed by atoms with Crippen LogP contribution < -0.4 is 20.1 Å². The van der Waals surface area contributed by atoms with Crippen LogP contribution in [0.2, 0.25) is 0 Å². The van der Waals surface area contributed by atoms with Crippen LogP contribution in [0.5, 0.6) is 11.5 Å². The van der Waals surface area contributed by atoms with E-state index in [-0.39, 0.29) is 6.10 Å². The van der Waals surface area contributed by atoms with Crippen LogP contribution in [0.3, 0.4) is 0 Å². The van der Waals surface area contributed by atoms with E-state index >= 15 is 0 Å². The van der Waals surface area contributed by atoms with E-state index < -0.39 is 0 Å². The smallest absolute Gasteiger partial charge is 0.195 e. The van der Waals surface area contributed by atoms with E-state index in [9.17, 15) is 0 Å². The summed E-state index contributed by atoms with van der Waals surface area (Å²) in [6.07, 6.45) is 4.29. The molecule has 0 aromatic heterocycles. The zero-order valence-electron chi connectivity index (χ0n) is 19.0. The van der Waals surface area contributed by atoms with E-state index in [0.717, 1.165) is 75.1 Å². The van der Waals surface area contributed by atoms with Gasteiger partial charge in [0.25, 0.3) is 0 Å². The van der Waals surface area contributed by atoms with Gasteiger partial charge in [0.05, 0.1) is 25.9 Å². The minimum atomic E-state index is 0.275. The Hall–Kier alpha value is -2.03. The lowest BCUT2D eigenvalue weighted by molar-refractivity contribution is 0.0171. The van der Waals surface area contributed by atoms with E-state index in [2.05, 4.69) is 29.5 Å². The lowest BCUT2D eigenvalue weighted by Gasteiger charge is -2.17. The molecule has 0 saturated carbocycles. The van der Waals surface area contributed by atoms with Crippen molar-refractivity contribution >= 4 is 11.6 Å². The molecule has 8 nitrogen and oxygen atoms in total. The van der Waals surface area contributed by atoms with E-state index in [1.165, 1.54) is 0 Å². The average Bonchev–Trinajstić information content (AvgIpc) is 3.19. The van der Waals surface area contributed by atoms with Crippen LogP contribution in [0.15, 0.2) is 23.2 Å². The number of anilines is 1. The lowest BCUT2D eigenvalue weighted by atomic mass is 10.2. The Kier molecular flexibility index (Phi) is 10.2. The maximum Gasteiger partial charge on any atom is 0.195 e. The molecule has 2 aliphatic rings. The lowest BCUT2D eigenvalue weighted by Crippen LogP contribution is -2.37. The van der Waals surface area contributed by atoms with Crippen LogP contribution >= 0.6 is 0 Å². The number of nitrogens with one attached hydrogen (secondary N) is 2. The topological polar surface area (TPSA) is 76.6 Å². The molecular formula is C23H38N4O4. The van der Waals surface area contributed by atoms with Gasteiger partial charge in [0.15, 0.2) is 17.5 Å². The third kappa shape index (κ3) is 8.55. The zero-order valence-corrected chi connectivity index (χ0v) is 19.0. The highest BCUT2D eigenvalue weighted by Crippen LogP contribution is 2.32. The quantitative estimate of drug-likeness (QED) is 0.315. The molecule has 0 bridgehead atoms. The third-order valence-corrected chi connectivity index (χ3v) is 5.38. The predicted molar refractivity (Wildman–Crippen MR) is 124 cm³/mol. The van der Waals surface area contributed by atoms with Crippen LogP contribution in [-0.4, -0.2) is 83.2 Å². The van der Waals surface area contributed by atoms with Gasteiger partial charge in [-0.15, -0.1) is 0 Å². The standard InChI is InChI=1S/C23H38N4O4/c1-3-27(2)12-11-25-23(24-10-5-13-28-18-20-7-4-14-29-20)26-19-8-9-21-22(17-19)31-16-6-15-30-21/h8-9,17,20H,3-7,10-16,18H2,1-2H3,(H2,24,25,26). The molecule has 1 atom stereocenters. The van der Waals surface area contributed by atoms with Gasteiger partial charge >= 0.3 is 0 Å². The molecule has 0 spiro atoms. The van der Waals surface area contributed by atoms with Gasteiger partial charge in [-0.3, -0.25) is 4.99 Å². The van der Waals surface area contributed by atoms with Crippen LogP contribution in [0.4, 0.5) is 5.69 Å². The van der Waals surface area contributed by atoms with Crippen molar-refractivity contribution in [3.05, 3.63) is 18.2 Å². The number of likely N-dealkylation sites (N-methyl/N-ethyl adjacent to an activating group) is 1. The van der Waals surface area contributed by atoms with Crippen molar-refractivity contribution in [2.75, 3.05) is 71.6 Å². The number of hydrogen-bond donors (Lipinski definition) is 2. The van der Waals surface area contributed by atoms with E-state index in [1.54, 1.807) is 0 Å². The first-order chi connectivity index (χ1) is 15.2. The molecule has 2 heterocycles. The molecule has 1 unspecified atom stereocenters. The van der Waals surface area contributed by atoms with E-state index in [1.807, 2.05) is 18.2 Å². The van der Waals surface area contributed by atoms with Crippen molar-refractivity contribution in [3.8, 4) is 11.5 Å².